The molecule has 58 heavy (non-hydrogen) atoms. The molecule has 2 fully saturated rings. The van der Waals surface area contributed by atoms with Gasteiger partial charge in [0, 0.05) is 32.4 Å². The summed E-state index contributed by atoms with van der Waals surface area (Å²) in [6, 6.07) is 4.78. The van der Waals surface area contributed by atoms with Crippen molar-refractivity contribution in [2.45, 2.75) is 143 Å². The number of benzene rings is 1. The van der Waals surface area contributed by atoms with Gasteiger partial charge in [-0.1, -0.05) is 78.3 Å². The Bertz CT molecular complexity index is 1660. The van der Waals surface area contributed by atoms with Gasteiger partial charge >= 0.3 is 11.9 Å². The quantitative estimate of drug-likeness (QED) is 0.181. The summed E-state index contributed by atoms with van der Waals surface area (Å²) in [7, 11) is 1.47. The summed E-state index contributed by atoms with van der Waals surface area (Å²) < 4.78 is 12.0. The predicted molar refractivity (Wildman–Crippen MR) is 218 cm³/mol. The van der Waals surface area contributed by atoms with E-state index in [1.807, 2.05) is 44.2 Å². The lowest BCUT2D eigenvalue weighted by Crippen LogP contribution is -2.59. The summed E-state index contributed by atoms with van der Waals surface area (Å²) in [4.78, 5) is 101. The molecule has 0 spiro atoms. The predicted octanol–water partition coefficient (Wildman–Crippen LogP) is 3.55. The fourth-order valence-electron chi connectivity index (χ4n) is 7.25. The first-order valence-electron chi connectivity index (χ1n) is 20.7. The molecule has 0 saturated carbocycles. The molecule has 5 amide bonds. The summed E-state index contributed by atoms with van der Waals surface area (Å²) in [6.07, 6.45) is 6.09. The second-order valence-corrected chi connectivity index (χ2v) is 16.7. The van der Waals surface area contributed by atoms with Crippen LogP contribution in [0.2, 0.25) is 0 Å². The van der Waals surface area contributed by atoms with Gasteiger partial charge in [0.2, 0.25) is 23.6 Å². The van der Waals surface area contributed by atoms with Crippen molar-refractivity contribution in [2.75, 3.05) is 20.1 Å². The van der Waals surface area contributed by atoms with E-state index in [2.05, 4.69) is 21.9 Å². The average Bonchev–Trinajstić information content (AvgIpc) is 3.70. The Morgan fingerprint density at radius 1 is 0.879 bits per heavy atom. The number of unbranched alkanes of at least 4 members (excludes halogenated alkanes) is 1. The molecule has 8 atom stereocenters. The van der Waals surface area contributed by atoms with Crippen LogP contribution in [0.5, 0.6) is 0 Å². The SMILES string of the molecule is C#CCCC[C@@H]1OC(=O)CNC(=O)[C@H]([C@@H](C)CC)NC(=O)C2CCCN2C(=O)[C@H]([C@@H](C)CC)OC(=O)[C@H](Cc2ccccc2)N(C)C(=O)[C@H](C(C)C)NC(=O)C1(C)C. The second kappa shape index (κ2) is 21.7. The lowest BCUT2D eigenvalue weighted by Gasteiger charge is -2.37. The van der Waals surface area contributed by atoms with Gasteiger partial charge in [0.15, 0.2) is 6.10 Å². The first-order valence-corrected chi connectivity index (χ1v) is 20.7. The van der Waals surface area contributed by atoms with Gasteiger partial charge in [-0.15, -0.1) is 12.3 Å². The van der Waals surface area contributed by atoms with E-state index in [4.69, 9.17) is 15.9 Å². The van der Waals surface area contributed by atoms with Crippen LogP contribution in [0.4, 0.5) is 0 Å². The van der Waals surface area contributed by atoms with E-state index >= 15 is 0 Å². The number of nitrogens with one attached hydrogen (secondary N) is 3. The Hall–Kier alpha value is -4.93. The number of hydrogen-bond acceptors (Lipinski definition) is 9. The maximum absolute atomic E-state index is 14.5. The topological polar surface area (TPSA) is 181 Å². The molecule has 2 aliphatic rings. The smallest absolute Gasteiger partial charge is 0.329 e. The highest BCUT2D eigenvalue weighted by atomic mass is 16.6. The zero-order valence-electron chi connectivity index (χ0n) is 35.8. The number of carbonyl (C=O) groups is 7. The van der Waals surface area contributed by atoms with Crippen LogP contribution in [-0.2, 0) is 49.5 Å². The third-order valence-electron chi connectivity index (χ3n) is 11.7. The maximum Gasteiger partial charge on any atom is 0.329 e. The van der Waals surface area contributed by atoms with Crippen molar-refractivity contribution in [1.82, 2.24) is 25.8 Å². The number of nitrogens with zero attached hydrogens (tertiary/aromatic N) is 2. The molecule has 14 heteroatoms. The number of rotatable bonds is 10. The highest BCUT2D eigenvalue weighted by molar-refractivity contribution is 5.96. The molecular formula is C44H65N5O9. The van der Waals surface area contributed by atoms with Crippen molar-refractivity contribution in [3.8, 4) is 12.3 Å². The minimum absolute atomic E-state index is 0.0502. The fourth-order valence-corrected chi connectivity index (χ4v) is 7.25. The molecule has 2 heterocycles. The Labute approximate surface area is 344 Å². The van der Waals surface area contributed by atoms with Crippen LogP contribution < -0.4 is 16.0 Å². The lowest BCUT2D eigenvalue weighted by molar-refractivity contribution is -0.170. The third kappa shape index (κ3) is 12.1. The summed E-state index contributed by atoms with van der Waals surface area (Å²) in [5.41, 5.74) is -0.653. The van der Waals surface area contributed by atoms with Crippen molar-refractivity contribution in [1.29, 1.82) is 0 Å². The van der Waals surface area contributed by atoms with Gasteiger partial charge in [-0.2, -0.15) is 0 Å². The van der Waals surface area contributed by atoms with Crippen molar-refractivity contribution >= 4 is 41.5 Å². The van der Waals surface area contributed by atoms with E-state index < -0.39 is 102 Å². The van der Waals surface area contributed by atoms with Crippen LogP contribution in [0.15, 0.2) is 30.3 Å². The maximum atomic E-state index is 14.5. The number of ether oxygens (including phenoxy) is 2. The Balaban J connectivity index is 2.16. The van der Waals surface area contributed by atoms with Gasteiger partial charge in [0.05, 0.1) is 5.41 Å². The first-order chi connectivity index (χ1) is 27.4. The average molecular weight is 808 g/mol. The van der Waals surface area contributed by atoms with Crippen molar-refractivity contribution in [2.24, 2.45) is 23.2 Å². The summed E-state index contributed by atoms with van der Waals surface area (Å²) in [6.45, 7) is 13.7. The molecule has 1 unspecified atom stereocenters. The van der Waals surface area contributed by atoms with E-state index in [0.29, 0.717) is 38.5 Å². The molecule has 0 aromatic heterocycles. The molecule has 3 rings (SSSR count). The highest BCUT2D eigenvalue weighted by Crippen LogP contribution is 2.30. The molecule has 320 valence electrons. The van der Waals surface area contributed by atoms with Crippen LogP contribution >= 0.6 is 0 Å². The zero-order valence-corrected chi connectivity index (χ0v) is 35.8. The van der Waals surface area contributed by atoms with Gasteiger partial charge in [-0.25, -0.2) is 4.79 Å². The van der Waals surface area contributed by atoms with E-state index in [-0.39, 0.29) is 25.3 Å². The monoisotopic (exact) mass is 807 g/mol. The number of terminal acetylenes is 1. The van der Waals surface area contributed by atoms with Gasteiger partial charge in [0.25, 0.3) is 5.91 Å². The van der Waals surface area contributed by atoms with E-state index in [9.17, 15) is 33.6 Å². The fraction of sp³-hybridized carbons (Fsp3) is 0.659. The first kappa shape index (κ1) is 47.4. The summed E-state index contributed by atoms with van der Waals surface area (Å²) in [5, 5.41) is 8.30. The summed E-state index contributed by atoms with van der Waals surface area (Å²) in [5.74, 6) is -3.17. The van der Waals surface area contributed by atoms with E-state index in [0.717, 1.165) is 5.56 Å². The molecule has 14 nitrogen and oxygen atoms in total. The number of amides is 5. The number of likely N-dealkylation sites (N-methyl/N-ethyl adjacent to an activating group) is 1. The standard InChI is InChI=1S/C44H65N5O9/c1-11-14-16-23-33-44(8,9)43(56)47-35(27(4)5)40(53)48(10)32(25-30-20-17-15-18-21-30)42(55)58-37(29(7)13-3)41(54)49-24-19-22-31(49)38(51)46-36(28(6)12-2)39(52)45-26-34(50)57-33/h1,15,17-18,20-21,27-29,31-33,35-37H,12-14,16,19,22-26H2,2-10H3,(H,45,52)(H,46,51)(H,47,56)/t28-,29-,31?,32-,33-,35-,36-,37-/m0/s1. The van der Waals surface area contributed by atoms with Crippen molar-refractivity contribution in [3.63, 3.8) is 0 Å². The minimum atomic E-state index is -1.39. The Morgan fingerprint density at radius 3 is 2.14 bits per heavy atom. The molecule has 2 aliphatic heterocycles. The molecular weight excluding hydrogens is 743 g/mol. The van der Waals surface area contributed by atoms with Crippen LogP contribution in [0, 0.1) is 35.5 Å². The third-order valence-corrected chi connectivity index (χ3v) is 11.7. The molecule has 3 N–H and O–H groups in total. The Morgan fingerprint density at radius 2 is 1.53 bits per heavy atom. The van der Waals surface area contributed by atoms with Crippen LogP contribution in [0.1, 0.15) is 106 Å². The normalized spacial score (nSPS) is 26.8. The number of carbonyl (C=O) groups excluding carboxylic acids is 7. The van der Waals surface area contributed by atoms with Gasteiger partial charge in [0.1, 0.15) is 36.8 Å². The lowest BCUT2D eigenvalue weighted by atomic mass is 9.82. The molecule has 0 bridgehead atoms. The molecule has 1 aromatic carbocycles. The van der Waals surface area contributed by atoms with E-state index in [1.54, 1.807) is 41.5 Å². The second-order valence-electron chi connectivity index (χ2n) is 16.7. The largest absolute Gasteiger partial charge is 0.460 e. The van der Waals surface area contributed by atoms with Crippen LogP contribution in [0.25, 0.3) is 0 Å². The molecule has 0 radical (unpaired) electrons. The summed E-state index contributed by atoms with van der Waals surface area (Å²) >= 11 is 0. The zero-order chi connectivity index (χ0) is 43.3. The van der Waals surface area contributed by atoms with Gasteiger partial charge < -0.3 is 35.2 Å². The molecule has 2 saturated heterocycles. The minimum Gasteiger partial charge on any atom is -0.460 e. The van der Waals surface area contributed by atoms with Gasteiger partial charge in [-0.05, 0) is 63.4 Å². The van der Waals surface area contributed by atoms with Crippen LogP contribution in [-0.4, -0.2) is 108 Å². The number of fused-ring (bicyclic) bond motifs is 1. The number of hydrogen-bond donors (Lipinski definition) is 3. The van der Waals surface area contributed by atoms with Crippen molar-refractivity contribution < 1.29 is 43.0 Å². The molecule has 0 aliphatic carbocycles. The van der Waals surface area contributed by atoms with Crippen LogP contribution in [0.3, 0.4) is 0 Å². The Kier molecular flexibility index (Phi) is 17.8. The highest BCUT2D eigenvalue weighted by Gasteiger charge is 2.45. The number of esters is 2. The van der Waals surface area contributed by atoms with Crippen molar-refractivity contribution in [3.05, 3.63) is 35.9 Å². The van der Waals surface area contributed by atoms with Gasteiger partial charge in [-0.3, -0.25) is 28.8 Å². The number of cyclic esters (lactones) is 2. The van der Waals surface area contributed by atoms with E-state index in [1.165, 1.54) is 16.8 Å². The molecule has 1 aromatic rings.